The van der Waals surface area contributed by atoms with E-state index in [0.29, 0.717) is 12.0 Å². The molecule has 6 heteroatoms. The van der Waals surface area contributed by atoms with E-state index in [0.717, 1.165) is 27.2 Å². The van der Waals surface area contributed by atoms with Crippen molar-refractivity contribution in [2.24, 2.45) is 0 Å². The fraction of sp³-hybridized carbons (Fsp3) is 0.250. The first-order chi connectivity index (χ1) is 12.3. The summed E-state index contributed by atoms with van der Waals surface area (Å²) in [4.78, 5) is 5.80. The number of rotatable bonds is 4. The van der Waals surface area contributed by atoms with Gasteiger partial charge in [-0.3, -0.25) is 0 Å². The summed E-state index contributed by atoms with van der Waals surface area (Å²) in [5.41, 5.74) is 1.67. The quantitative estimate of drug-likeness (QED) is 0.450. The van der Waals surface area contributed by atoms with Crippen molar-refractivity contribution < 1.29 is 13.2 Å². The molecule has 1 unspecified atom stereocenters. The zero-order valence-corrected chi connectivity index (χ0v) is 15.8. The first-order valence-corrected chi connectivity index (χ1v) is 9.40. The molecule has 1 aromatic heterocycles. The first kappa shape index (κ1) is 18.9. The summed E-state index contributed by atoms with van der Waals surface area (Å²) in [6.45, 7) is 3.94. The molecule has 136 valence electrons. The van der Waals surface area contributed by atoms with E-state index >= 15 is 0 Å². The number of hydrogen-bond acceptors (Lipinski definition) is 2. The van der Waals surface area contributed by atoms with Gasteiger partial charge in [0.2, 0.25) is 0 Å². The molecule has 0 saturated heterocycles. The number of hydrogen-bond donors (Lipinski definition) is 0. The van der Waals surface area contributed by atoms with E-state index in [1.807, 2.05) is 44.2 Å². The maximum absolute atomic E-state index is 13.2. The van der Waals surface area contributed by atoms with Gasteiger partial charge in [0.25, 0.3) is 0 Å². The Kier molecular flexibility index (Phi) is 5.39. The largest absolute Gasteiger partial charge is 0.417 e. The van der Waals surface area contributed by atoms with Crippen molar-refractivity contribution in [1.29, 1.82) is 0 Å². The van der Waals surface area contributed by atoms with Gasteiger partial charge < -0.3 is 0 Å². The Balaban J connectivity index is 2.03. The maximum atomic E-state index is 13.2. The number of alkyl halides is 3. The Hall–Kier alpha value is -1.85. The van der Waals surface area contributed by atoms with Gasteiger partial charge in [-0.1, -0.05) is 54.9 Å². The van der Waals surface area contributed by atoms with Crippen LogP contribution in [0, 0.1) is 6.92 Å². The third-order valence-electron chi connectivity index (χ3n) is 4.26. The highest BCUT2D eigenvalue weighted by Gasteiger charge is 2.34. The zero-order valence-electron chi connectivity index (χ0n) is 14.3. The van der Waals surface area contributed by atoms with Crippen LogP contribution in [0.5, 0.6) is 0 Å². The Bertz CT molecular complexity index is 903. The average Bonchev–Trinajstić information content (AvgIpc) is 2.98. The van der Waals surface area contributed by atoms with Crippen molar-refractivity contribution >= 4 is 22.9 Å². The molecule has 0 aliphatic heterocycles. The van der Waals surface area contributed by atoms with Gasteiger partial charge in [0, 0.05) is 16.4 Å². The average molecular weight is 396 g/mol. The van der Waals surface area contributed by atoms with E-state index in [2.05, 4.69) is 0 Å². The van der Waals surface area contributed by atoms with E-state index < -0.39 is 11.7 Å². The lowest BCUT2D eigenvalue weighted by molar-refractivity contribution is -0.137. The first-order valence-electron chi connectivity index (χ1n) is 8.20. The zero-order chi connectivity index (χ0) is 18.9. The molecule has 1 nitrogen and oxygen atoms in total. The summed E-state index contributed by atoms with van der Waals surface area (Å²) in [6.07, 6.45) is -3.82. The van der Waals surface area contributed by atoms with Crippen LogP contribution in [0.4, 0.5) is 13.2 Å². The van der Waals surface area contributed by atoms with Crippen LogP contribution in [-0.4, -0.2) is 4.98 Å². The highest BCUT2D eigenvalue weighted by atomic mass is 35.5. The minimum atomic E-state index is -4.47. The molecule has 3 rings (SSSR count). The smallest absolute Gasteiger partial charge is 0.240 e. The van der Waals surface area contributed by atoms with Crippen molar-refractivity contribution in [3.8, 4) is 11.3 Å². The lowest BCUT2D eigenvalue weighted by atomic mass is 9.95. The fourth-order valence-corrected chi connectivity index (χ4v) is 4.34. The van der Waals surface area contributed by atoms with Crippen LogP contribution < -0.4 is 0 Å². The summed E-state index contributed by atoms with van der Waals surface area (Å²) in [7, 11) is 0. The third-order valence-corrected chi connectivity index (χ3v) is 5.68. The number of thiazole rings is 1. The van der Waals surface area contributed by atoms with Crippen molar-refractivity contribution in [2.75, 3.05) is 0 Å². The molecule has 1 heterocycles. The van der Waals surface area contributed by atoms with Gasteiger partial charge in [-0.05, 0) is 31.0 Å². The maximum Gasteiger partial charge on any atom is 0.417 e. The van der Waals surface area contributed by atoms with E-state index in [1.165, 1.54) is 17.4 Å². The van der Waals surface area contributed by atoms with Gasteiger partial charge in [0.15, 0.2) is 0 Å². The summed E-state index contributed by atoms with van der Waals surface area (Å²) < 4.78 is 39.6. The third kappa shape index (κ3) is 3.79. The topological polar surface area (TPSA) is 12.9 Å². The van der Waals surface area contributed by atoms with Gasteiger partial charge in [-0.15, -0.1) is 11.3 Å². The SMILES string of the molecule is CCC(c1ccc(Cl)c(C(F)(F)F)c1)c1nc(-c2ccccc2)c(C)s1. The van der Waals surface area contributed by atoms with Crippen LogP contribution in [0.25, 0.3) is 11.3 Å². The van der Waals surface area contributed by atoms with Gasteiger partial charge >= 0.3 is 6.18 Å². The van der Waals surface area contributed by atoms with Crippen LogP contribution in [0.1, 0.15) is 40.3 Å². The summed E-state index contributed by atoms with van der Waals surface area (Å²) in [5.74, 6) is -0.200. The van der Waals surface area contributed by atoms with Crippen LogP contribution in [0.3, 0.4) is 0 Å². The van der Waals surface area contributed by atoms with E-state index in [4.69, 9.17) is 16.6 Å². The summed E-state index contributed by atoms with van der Waals surface area (Å²) >= 11 is 7.28. The number of aryl methyl sites for hydroxylation is 1. The molecule has 0 bridgehead atoms. The molecule has 0 aliphatic carbocycles. The molecule has 0 fully saturated rings. The predicted octanol–water partition coefficient (Wildman–Crippen LogP) is 7.33. The number of aromatic nitrogens is 1. The van der Waals surface area contributed by atoms with Gasteiger partial charge in [-0.2, -0.15) is 13.2 Å². The molecule has 0 aliphatic rings. The highest BCUT2D eigenvalue weighted by molar-refractivity contribution is 7.12. The monoisotopic (exact) mass is 395 g/mol. The number of benzene rings is 2. The second-order valence-corrected chi connectivity index (χ2v) is 7.66. The Morgan fingerprint density at radius 3 is 2.42 bits per heavy atom. The minimum absolute atomic E-state index is 0.200. The van der Waals surface area contributed by atoms with Crippen molar-refractivity contribution in [3.63, 3.8) is 0 Å². The lowest BCUT2D eigenvalue weighted by Gasteiger charge is -2.16. The Morgan fingerprint density at radius 2 is 1.81 bits per heavy atom. The van der Waals surface area contributed by atoms with Gasteiger partial charge in [-0.25, -0.2) is 4.98 Å². The second-order valence-electron chi connectivity index (χ2n) is 6.02. The summed E-state index contributed by atoms with van der Waals surface area (Å²) in [6, 6.07) is 13.9. The molecular formula is C20H17ClF3NS. The molecule has 0 spiro atoms. The molecule has 1 atom stereocenters. The molecular weight excluding hydrogens is 379 g/mol. The number of halogens is 4. The normalized spacial score (nSPS) is 13.0. The molecule has 0 amide bonds. The van der Waals surface area contributed by atoms with Crippen molar-refractivity contribution in [2.45, 2.75) is 32.4 Å². The molecule has 0 N–H and O–H groups in total. The molecule has 0 saturated carbocycles. The molecule has 2 aromatic carbocycles. The van der Waals surface area contributed by atoms with Crippen LogP contribution >= 0.6 is 22.9 Å². The molecule has 26 heavy (non-hydrogen) atoms. The van der Waals surface area contributed by atoms with Crippen molar-refractivity contribution in [3.05, 3.63) is 74.6 Å². The number of nitrogens with zero attached hydrogens (tertiary/aromatic N) is 1. The van der Waals surface area contributed by atoms with E-state index in [9.17, 15) is 13.2 Å². The second kappa shape index (κ2) is 7.41. The minimum Gasteiger partial charge on any atom is -0.240 e. The lowest BCUT2D eigenvalue weighted by Crippen LogP contribution is -2.08. The highest BCUT2D eigenvalue weighted by Crippen LogP contribution is 2.40. The standard InChI is InChI=1S/C20H17ClF3NS/c1-3-15(14-9-10-17(21)16(11-14)20(22,23)24)19-25-18(12(2)26-19)13-7-5-4-6-8-13/h4-11,15H,3H2,1-2H3. The van der Waals surface area contributed by atoms with Crippen LogP contribution in [0.15, 0.2) is 48.5 Å². The predicted molar refractivity (Wildman–Crippen MR) is 101 cm³/mol. The van der Waals surface area contributed by atoms with Crippen LogP contribution in [0.2, 0.25) is 5.02 Å². The fourth-order valence-electron chi connectivity index (χ4n) is 2.96. The summed E-state index contributed by atoms with van der Waals surface area (Å²) in [5, 5.41) is 0.538. The molecule has 0 radical (unpaired) electrons. The van der Waals surface area contributed by atoms with Crippen LogP contribution in [-0.2, 0) is 6.18 Å². The Morgan fingerprint density at radius 1 is 1.12 bits per heavy atom. The van der Waals surface area contributed by atoms with Crippen molar-refractivity contribution in [1.82, 2.24) is 4.98 Å². The van der Waals surface area contributed by atoms with E-state index in [-0.39, 0.29) is 10.9 Å². The molecule has 3 aromatic rings. The van der Waals surface area contributed by atoms with Gasteiger partial charge in [0.1, 0.15) is 5.01 Å². The van der Waals surface area contributed by atoms with Gasteiger partial charge in [0.05, 0.1) is 16.3 Å². The Labute approximate surface area is 159 Å². The van der Waals surface area contributed by atoms with E-state index in [1.54, 1.807) is 6.07 Å².